The molecule has 4 rings (SSSR count). The number of benzene rings is 1. The van der Waals surface area contributed by atoms with Gasteiger partial charge in [-0.1, -0.05) is 39.8 Å². The lowest BCUT2D eigenvalue weighted by Crippen LogP contribution is -2.47. The molecule has 0 aliphatic carbocycles. The van der Waals surface area contributed by atoms with Crippen molar-refractivity contribution in [2.75, 3.05) is 50.7 Å². The summed E-state index contributed by atoms with van der Waals surface area (Å²) in [6.07, 6.45) is 2.84. The Morgan fingerprint density at radius 3 is 2.50 bits per heavy atom. The summed E-state index contributed by atoms with van der Waals surface area (Å²) in [5, 5.41) is 1.28. The summed E-state index contributed by atoms with van der Waals surface area (Å²) in [4.78, 5) is 19.9. The number of rotatable bonds is 5. The van der Waals surface area contributed by atoms with Crippen LogP contribution in [0.25, 0.3) is 10.1 Å². The van der Waals surface area contributed by atoms with Crippen LogP contribution in [0.5, 0.6) is 0 Å². The lowest BCUT2D eigenvalue weighted by atomic mass is 9.74. The number of piperazine rings is 1. The Bertz CT molecular complexity index is 882. The molecule has 30 heavy (non-hydrogen) atoms. The zero-order valence-corrected chi connectivity index (χ0v) is 19.8. The minimum absolute atomic E-state index is 0.103. The van der Waals surface area contributed by atoms with E-state index in [4.69, 9.17) is 4.37 Å². The second-order valence-electron chi connectivity index (χ2n) is 10.7. The fourth-order valence-electron chi connectivity index (χ4n) is 5.51. The molecule has 0 unspecified atom stereocenters. The van der Waals surface area contributed by atoms with Crippen LogP contribution in [0.4, 0.5) is 5.82 Å². The Hall–Kier alpha value is -1.66. The molecule has 0 saturated carbocycles. The molecule has 0 radical (unpaired) electrons. The standard InChI is InChI=1S/C24H36N4OS/c1-23(2)16-21(29)28(18-24(3,4)17-23)11-7-10-26-12-14-27(15-13-26)22-19-8-5-6-9-20(19)30-25-22/h5-6,8-9H,7,10-18H2,1-4H3. The van der Waals surface area contributed by atoms with Crippen molar-refractivity contribution in [2.24, 2.45) is 10.8 Å². The van der Waals surface area contributed by atoms with Crippen LogP contribution in [-0.4, -0.2) is 65.9 Å². The monoisotopic (exact) mass is 428 g/mol. The van der Waals surface area contributed by atoms with Crippen LogP contribution < -0.4 is 4.90 Å². The van der Waals surface area contributed by atoms with Crippen molar-refractivity contribution in [3.05, 3.63) is 24.3 Å². The number of carbonyl (C=O) groups excluding carboxylic acids is 1. The van der Waals surface area contributed by atoms with Gasteiger partial charge >= 0.3 is 0 Å². The summed E-state index contributed by atoms with van der Waals surface area (Å²) in [5.41, 5.74) is 0.295. The van der Waals surface area contributed by atoms with Gasteiger partial charge in [0.15, 0.2) is 0 Å². The van der Waals surface area contributed by atoms with Crippen molar-refractivity contribution in [1.29, 1.82) is 0 Å². The van der Waals surface area contributed by atoms with Gasteiger partial charge in [0.05, 0.1) is 4.70 Å². The minimum Gasteiger partial charge on any atom is -0.353 e. The summed E-state index contributed by atoms with van der Waals surface area (Å²) in [6.45, 7) is 16.1. The molecule has 3 heterocycles. The molecule has 1 amide bonds. The van der Waals surface area contributed by atoms with Crippen LogP contribution in [0.15, 0.2) is 24.3 Å². The highest BCUT2D eigenvalue weighted by Crippen LogP contribution is 2.40. The summed E-state index contributed by atoms with van der Waals surface area (Å²) in [6, 6.07) is 8.52. The minimum atomic E-state index is 0.103. The quantitative estimate of drug-likeness (QED) is 0.704. The molecule has 0 atom stereocenters. The molecule has 0 N–H and O–H groups in total. The Morgan fingerprint density at radius 2 is 1.73 bits per heavy atom. The van der Waals surface area contributed by atoms with Crippen LogP contribution in [0.1, 0.15) is 47.0 Å². The maximum atomic E-state index is 12.8. The lowest BCUT2D eigenvalue weighted by Gasteiger charge is -2.36. The molecule has 1 aromatic carbocycles. The van der Waals surface area contributed by atoms with E-state index < -0.39 is 0 Å². The van der Waals surface area contributed by atoms with Gasteiger partial charge < -0.3 is 9.80 Å². The molecule has 2 aromatic rings. The van der Waals surface area contributed by atoms with E-state index in [0.717, 1.165) is 64.5 Å². The second kappa shape index (κ2) is 8.46. The molecule has 164 valence electrons. The maximum Gasteiger partial charge on any atom is 0.223 e. The first-order chi connectivity index (χ1) is 14.2. The predicted molar refractivity (Wildman–Crippen MR) is 126 cm³/mol. The number of likely N-dealkylation sites (tertiary alicyclic amines) is 1. The third kappa shape index (κ3) is 4.97. The van der Waals surface area contributed by atoms with E-state index in [1.165, 1.54) is 10.1 Å². The molecule has 2 aliphatic rings. The number of hydrogen-bond donors (Lipinski definition) is 0. The first kappa shape index (κ1) is 21.6. The highest BCUT2D eigenvalue weighted by Gasteiger charge is 2.37. The summed E-state index contributed by atoms with van der Waals surface area (Å²) in [5.74, 6) is 1.49. The Morgan fingerprint density at radius 1 is 1.00 bits per heavy atom. The summed E-state index contributed by atoms with van der Waals surface area (Å²) >= 11 is 1.60. The zero-order valence-electron chi connectivity index (χ0n) is 19.0. The highest BCUT2D eigenvalue weighted by atomic mass is 32.1. The van der Waals surface area contributed by atoms with E-state index in [-0.39, 0.29) is 10.8 Å². The van der Waals surface area contributed by atoms with Crippen LogP contribution in [0, 0.1) is 10.8 Å². The van der Waals surface area contributed by atoms with Crippen molar-refractivity contribution < 1.29 is 4.79 Å². The number of hydrogen-bond acceptors (Lipinski definition) is 5. The van der Waals surface area contributed by atoms with Crippen molar-refractivity contribution in [3.63, 3.8) is 0 Å². The predicted octanol–water partition coefficient (Wildman–Crippen LogP) is 4.48. The highest BCUT2D eigenvalue weighted by molar-refractivity contribution is 7.13. The fourth-order valence-corrected chi connectivity index (χ4v) is 6.31. The van der Waals surface area contributed by atoms with Gasteiger partial charge in [0.2, 0.25) is 5.91 Å². The van der Waals surface area contributed by atoms with Gasteiger partial charge in [-0.15, -0.1) is 0 Å². The fraction of sp³-hybridized carbons (Fsp3) is 0.667. The molecule has 2 fully saturated rings. The molecule has 2 saturated heterocycles. The Labute approximate surface area is 185 Å². The number of anilines is 1. The number of aromatic nitrogens is 1. The van der Waals surface area contributed by atoms with E-state index in [0.29, 0.717) is 12.3 Å². The van der Waals surface area contributed by atoms with Crippen LogP contribution in [-0.2, 0) is 4.79 Å². The number of carbonyl (C=O) groups is 1. The topological polar surface area (TPSA) is 39.7 Å². The lowest BCUT2D eigenvalue weighted by molar-refractivity contribution is -0.132. The van der Waals surface area contributed by atoms with Crippen LogP contribution in [0.3, 0.4) is 0 Å². The Balaban J connectivity index is 1.26. The van der Waals surface area contributed by atoms with E-state index in [2.05, 4.69) is 66.7 Å². The number of fused-ring (bicyclic) bond motifs is 1. The summed E-state index contributed by atoms with van der Waals surface area (Å²) in [7, 11) is 0. The molecular formula is C24H36N4OS. The second-order valence-corrected chi connectivity index (χ2v) is 11.5. The smallest absolute Gasteiger partial charge is 0.223 e. The first-order valence-electron chi connectivity index (χ1n) is 11.3. The SMILES string of the molecule is CC1(C)CC(=O)N(CCCN2CCN(c3nsc4ccccc34)CC2)CC(C)(C)C1. The largest absolute Gasteiger partial charge is 0.353 e. The van der Waals surface area contributed by atoms with Crippen molar-refractivity contribution in [3.8, 4) is 0 Å². The van der Waals surface area contributed by atoms with E-state index >= 15 is 0 Å². The third-order valence-electron chi connectivity index (χ3n) is 6.49. The van der Waals surface area contributed by atoms with Gasteiger partial charge in [-0.05, 0) is 53.9 Å². The maximum absolute atomic E-state index is 12.8. The average molecular weight is 429 g/mol. The van der Waals surface area contributed by atoms with E-state index in [1.807, 2.05) is 0 Å². The average Bonchev–Trinajstić information content (AvgIpc) is 3.07. The molecule has 1 aromatic heterocycles. The molecule has 6 heteroatoms. The van der Waals surface area contributed by atoms with Gasteiger partial charge in [0.25, 0.3) is 0 Å². The number of amides is 1. The first-order valence-corrected chi connectivity index (χ1v) is 12.1. The van der Waals surface area contributed by atoms with Gasteiger partial charge in [-0.2, -0.15) is 4.37 Å². The molecule has 5 nitrogen and oxygen atoms in total. The van der Waals surface area contributed by atoms with Crippen molar-refractivity contribution >= 4 is 33.3 Å². The number of nitrogens with zero attached hydrogens (tertiary/aromatic N) is 4. The van der Waals surface area contributed by atoms with E-state index in [9.17, 15) is 4.79 Å². The normalized spacial score (nSPS) is 22.5. The van der Waals surface area contributed by atoms with Crippen molar-refractivity contribution in [2.45, 2.75) is 47.0 Å². The molecule has 0 spiro atoms. The van der Waals surface area contributed by atoms with Gasteiger partial charge in [-0.25, -0.2) is 0 Å². The molecular weight excluding hydrogens is 392 g/mol. The zero-order chi connectivity index (χ0) is 21.4. The van der Waals surface area contributed by atoms with E-state index in [1.54, 1.807) is 11.5 Å². The Kier molecular flexibility index (Phi) is 6.08. The van der Waals surface area contributed by atoms with Gasteiger partial charge in [-0.3, -0.25) is 9.69 Å². The summed E-state index contributed by atoms with van der Waals surface area (Å²) < 4.78 is 5.98. The third-order valence-corrected chi connectivity index (χ3v) is 7.31. The van der Waals surface area contributed by atoms with Gasteiger partial charge in [0, 0.05) is 51.1 Å². The van der Waals surface area contributed by atoms with Gasteiger partial charge in [0.1, 0.15) is 5.82 Å². The van der Waals surface area contributed by atoms with Crippen LogP contribution >= 0.6 is 11.5 Å². The molecule has 2 aliphatic heterocycles. The van der Waals surface area contributed by atoms with Crippen LogP contribution in [0.2, 0.25) is 0 Å². The van der Waals surface area contributed by atoms with Crippen molar-refractivity contribution in [1.82, 2.24) is 14.2 Å². The molecule has 0 bridgehead atoms.